The number of morpholine rings is 1. The number of furan rings is 1. The van der Waals surface area contributed by atoms with Gasteiger partial charge in [0.25, 0.3) is 5.91 Å². The van der Waals surface area contributed by atoms with Crippen LogP contribution in [0.15, 0.2) is 70.2 Å². The second kappa shape index (κ2) is 12.0. The molecule has 1 aromatic heterocycles. The summed E-state index contributed by atoms with van der Waals surface area (Å²) in [5.41, 5.74) is 1.29. The van der Waals surface area contributed by atoms with Gasteiger partial charge in [0, 0.05) is 19.5 Å². The molecule has 1 fully saturated rings. The summed E-state index contributed by atoms with van der Waals surface area (Å²) >= 11 is 0. The second-order valence-electron chi connectivity index (χ2n) is 8.35. The summed E-state index contributed by atoms with van der Waals surface area (Å²) in [6.07, 6.45) is 1.83. The van der Waals surface area contributed by atoms with Gasteiger partial charge < -0.3 is 24.5 Å². The molecule has 196 valence electrons. The van der Waals surface area contributed by atoms with E-state index in [-0.39, 0.29) is 36.1 Å². The third-order valence-electron chi connectivity index (χ3n) is 5.93. The van der Waals surface area contributed by atoms with Crippen LogP contribution in [0.3, 0.4) is 0 Å². The standard InChI is InChI=1S/C26H29N3O7S/c1-34-24-10-9-21(37(32,33)29-12-15-35-16-13-29)17-19(24)8-11-25(30)28-23-7-3-2-6-22(23)26(31)27-18-20-5-4-14-36-20/h2-7,9-10,14,17H,8,11-13,15-16,18H2,1H3,(H,27,31)(H,28,30). The normalized spacial score (nSPS) is 14.2. The number of carbonyl (C=O) groups is 2. The minimum atomic E-state index is -3.69. The van der Waals surface area contributed by atoms with Crippen molar-refractivity contribution in [3.63, 3.8) is 0 Å². The van der Waals surface area contributed by atoms with Crippen LogP contribution in [0, 0.1) is 0 Å². The van der Waals surface area contributed by atoms with E-state index in [0.29, 0.717) is 54.6 Å². The Morgan fingerprint density at radius 2 is 1.84 bits per heavy atom. The first-order valence-corrected chi connectivity index (χ1v) is 13.3. The van der Waals surface area contributed by atoms with Crippen LogP contribution in [0.1, 0.15) is 28.1 Å². The molecule has 37 heavy (non-hydrogen) atoms. The first kappa shape index (κ1) is 26.4. The number of methoxy groups -OCH3 is 1. The molecule has 4 rings (SSSR count). The highest BCUT2D eigenvalue weighted by atomic mass is 32.2. The van der Waals surface area contributed by atoms with E-state index >= 15 is 0 Å². The highest BCUT2D eigenvalue weighted by Gasteiger charge is 2.27. The molecule has 0 bridgehead atoms. The summed E-state index contributed by atoms with van der Waals surface area (Å²) in [6.45, 7) is 1.51. The lowest BCUT2D eigenvalue weighted by Gasteiger charge is -2.26. The summed E-state index contributed by atoms with van der Waals surface area (Å²) in [5.74, 6) is 0.429. The average Bonchev–Trinajstić information content (AvgIpc) is 3.45. The lowest BCUT2D eigenvalue weighted by atomic mass is 10.1. The molecular formula is C26H29N3O7S. The minimum Gasteiger partial charge on any atom is -0.496 e. The maximum absolute atomic E-state index is 13.1. The fourth-order valence-electron chi connectivity index (χ4n) is 3.97. The number of anilines is 1. The predicted molar refractivity (Wildman–Crippen MR) is 136 cm³/mol. The highest BCUT2D eigenvalue weighted by molar-refractivity contribution is 7.89. The molecule has 11 heteroatoms. The zero-order valence-corrected chi connectivity index (χ0v) is 21.3. The van der Waals surface area contributed by atoms with Crippen molar-refractivity contribution in [3.05, 3.63) is 77.7 Å². The molecule has 2 aromatic carbocycles. The largest absolute Gasteiger partial charge is 0.496 e. The maximum Gasteiger partial charge on any atom is 0.253 e. The van der Waals surface area contributed by atoms with Crippen molar-refractivity contribution in [3.8, 4) is 5.75 Å². The first-order valence-electron chi connectivity index (χ1n) is 11.8. The zero-order chi connectivity index (χ0) is 26.3. The molecule has 0 spiro atoms. The number of sulfonamides is 1. The second-order valence-corrected chi connectivity index (χ2v) is 10.3. The fraction of sp³-hybridized carbons (Fsp3) is 0.308. The van der Waals surface area contributed by atoms with Gasteiger partial charge in [-0.1, -0.05) is 12.1 Å². The molecule has 1 aliphatic heterocycles. The molecule has 3 aromatic rings. The van der Waals surface area contributed by atoms with Crippen molar-refractivity contribution in [2.75, 3.05) is 38.7 Å². The SMILES string of the molecule is COc1ccc(S(=O)(=O)N2CCOCC2)cc1CCC(=O)Nc1ccccc1C(=O)NCc1ccco1. The molecule has 1 saturated heterocycles. The Kier molecular flexibility index (Phi) is 8.59. The van der Waals surface area contributed by atoms with Crippen LogP contribution in [-0.2, 0) is 32.5 Å². The van der Waals surface area contributed by atoms with Gasteiger partial charge in [-0.2, -0.15) is 4.31 Å². The van der Waals surface area contributed by atoms with E-state index in [2.05, 4.69) is 10.6 Å². The molecule has 0 saturated carbocycles. The van der Waals surface area contributed by atoms with E-state index in [1.807, 2.05) is 0 Å². The molecular weight excluding hydrogens is 498 g/mol. The number of para-hydroxylation sites is 1. The maximum atomic E-state index is 13.1. The Bertz CT molecular complexity index is 1330. The van der Waals surface area contributed by atoms with Crippen molar-refractivity contribution in [1.82, 2.24) is 9.62 Å². The molecule has 0 aliphatic carbocycles. The molecule has 1 aliphatic rings. The highest BCUT2D eigenvalue weighted by Crippen LogP contribution is 2.26. The zero-order valence-electron chi connectivity index (χ0n) is 20.4. The summed E-state index contributed by atoms with van der Waals surface area (Å²) in [7, 11) is -2.19. The van der Waals surface area contributed by atoms with Gasteiger partial charge in [-0.3, -0.25) is 9.59 Å². The third kappa shape index (κ3) is 6.56. The Hall–Kier alpha value is -3.67. The number of benzene rings is 2. The molecule has 0 unspecified atom stereocenters. The minimum absolute atomic E-state index is 0.0553. The van der Waals surface area contributed by atoms with Crippen molar-refractivity contribution in [2.24, 2.45) is 0 Å². The monoisotopic (exact) mass is 527 g/mol. The van der Waals surface area contributed by atoms with Crippen molar-refractivity contribution in [2.45, 2.75) is 24.3 Å². The Morgan fingerprint density at radius 1 is 1.05 bits per heavy atom. The van der Waals surface area contributed by atoms with Crippen LogP contribution in [0.5, 0.6) is 5.75 Å². The number of nitrogens with zero attached hydrogens (tertiary/aromatic N) is 1. The van der Waals surface area contributed by atoms with E-state index in [1.165, 1.54) is 23.7 Å². The lowest BCUT2D eigenvalue weighted by molar-refractivity contribution is -0.116. The molecule has 2 amide bonds. The van der Waals surface area contributed by atoms with Gasteiger partial charge in [0.2, 0.25) is 15.9 Å². The number of ether oxygens (including phenoxy) is 2. The van der Waals surface area contributed by atoms with Gasteiger partial charge in [0.05, 0.1) is 49.3 Å². The van der Waals surface area contributed by atoms with Gasteiger partial charge in [0.15, 0.2) is 0 Å². The van der Waals surface area contributed by atoms with Gasteiger partial charge in [0.1, 0.15) is 11.5 Å². The molecule has 2 N–H and O–H groups in total. The fourth-order valence-corrected chi connectivity index (χ4v) is 5.43. The summed E-state index contributed by atoms with van der Waals surface area (Å²) in [4.78, 5) is 25.6. The van der Waals surface area contributed by atoms with Crippen molar-refractivity contribution < 1.29 is 31.9 Å². The summed E-state index contributed by atoms with van der Waals surface area (Å²) in [6, 6.07) is 14.8. The Morgan fingerprint density at radius 3 is 2.57 bits per heavy atom. The number of nitrogens with one attached hydrogen (secondary N) is 2. The van der Waals surface area contributed by atoms with Crippen LogP contribution in [0.2, 0.25) is 0 Å². The topological polar surface area (TPSA) is 127 Å². The Balaban J connectivity index is 1.42. The summed E-state index contributed by atoms with van der Waals surface area (Å²) < 4.78 is 43.4. The van der Waals surface area contributed by atoms with Crippen LogP contribution in [0.4, 0.5) is 5.69 Å². The van der Waals surface area contributed by atoms with E-state index in [0.717, 1.165) is 0 Å². The first-order chi connectivity index (χ1) is 17.9. The van der Waals surface area contributed by atoms with Crippen LogP contribution < -0.4 is 15.4 Å². The van der Waals surface area contributed by atoms with Crippen LogP contribution >= 0.6 is 0 Å². The van der Waals surface area contributed by atoms with Crippen molar-refractivity contribution in [1.29, 1.82) is 0 Å². The van der Waals surface area contributed by atoms with Gasteiger partial charge in [-0.05, 0) is 54.4 Å². The van der Waals surface area contributed by atoms with Gasteiger partial charge in [-0.15, -0.1) is 0 Å². The van der Waals surface area contributed by atoms with E-state index in [9.17, 15) is 18.0 Å². The number of carbonyl (C=O) groups excluding carboxylic acids is 2. The molecule has 10 nitrogen and oxygen atoms in total. The van der Waals surface area contributed by atoms with E-state index in [1.54, 1.807) is 48.5 Å². The number of aryl methyl sites for hydroxylation is 1. The molecule has 2 heterocycles. The van der Waals surface area contributed by atoms with Crippen molar-refractivity contribution >= 4 is 27.5 Å². The third-order valence-corrected chi connectivity index (χ3v) is 7.82. The van der Waals surface area contributed by atoms with Crippen LogP contribution in [0.25, 0.3) is 0 Å². The van der Waals surface area contributed by atoms with Gasteiger partial charge in [-0.25, -0.2) is 8.42 Å². The summed E-state index contributed by atoms with van der Waals surface area (Å²) in [5, 5.41) is 5.55. The van der Waals surface area contributed by atoms with Gasteiger partial charge >= 0.3 is 0 Å². The smallest absolute Gasteiger partial charge is 0.253 e. The molecule has 0 atom stereocenters. The predicted octanol–water partition coefficient (Wildman–Crippen LogP) is 2.81. The number of rotatable bonds is 10. The lowest BCUT2D eigenvalue weighted by Crippen LogP contribution is -2.40. The number of hydrogen-bond donors (Lipinski definition) is 2. The van der Waals surface area contributed by atoms with E-state index in [4.69, 9.17) is 13.9 Å². The van der Waals surface area contributed by atoms with Crippen LogP contribution in [-0.4, -0.2) is 58.0 Å². The average molecular weight is 528 g/mol. The Labute approximate surface area is 215 Å². The number of amides is 2. The molecule has 0 radical (unpaired) electrons. The van der Waals surface area contributed by atoms with E-state index < -0.39 is 10.0 Å². The quantitative estimate of drug-likeness (QED) is 0.415. The number of hydrogen-bond acceptors (Lipinski definition) is 7.